The van der Waals surface area contributed by atoms with Crippen molar-refractivity contribution in [1.82, 2.24) is 4.98 Å². The van der Waals surface area contributed by atoms with Crippen molar-refractivity contribution in [2.24, 2.45) is 0 Å². The third-order valence-electron chi connectivity index (χ3n) is 1.69. The summed E-state index contributed by atoms with van der Waals surface area (Å²) >= 11 is 5.30. The topological polar surface area (TPSA) is 39.2 Å². The number of carbonyl (C=O) groups is 1. The first kappa shape index (κ1) is 12.8. The molecule has 0 N–H and O–H groups in total. The molecular formula is C9H7ClF3NO2. The summed E-state index contributed by atoms with van der Waals surface area (Å²) in [5.41, 5.74) is -1.35. The van der Waals surface area contributed by atoms with E-state index in [1.54, 1.807) is 0 Å². The summed E-state index contributed by atoms with van der Waals surface area (Å²) in [6.07, 6.45) is -2.94. The normalized spacial score (nSPS) is 10.6. The van der Waals surface area contributed by atoms with Gasteiger partial charge in [0.1, 0.15) is 10.7 Å². The van der Waals surface area contributed by atoms with Gasteiger partial charge in [0, 0.05) is 0 Å². The molecule has 0 amide bonds. The molecule has 0 fully saturated rings. The number of aromatic nitrogens is 1. The summed E-state index contributed by atoms with van der Waals surface area (Å²) in [4.78, 5) is 14.2. The van der Waals surface area contributed by atoms with Gasteiger partial charge in [-0.2, -0.15) is 4.39 Å². The van der Waals surface area contributed by atoms with Crippen molar-refractivity contribution in [3.63, 3.8) is 0 Å². The van der Waals surface area contributed by atoms with Crippen molar-refractivity contribution in [3.8, 4) is 0 Å². The van der Waals surface area contributed by atoms with Crippen LogP contribution >= 0.6 is 11.6 Å². The number of alkyl halides is 2. The van der Waals surface area contributed by atoms with E-state index in [1.807, 2.05) is 0 Å². The maximum absolute atomic E-state index is 13.1. The van der Waals surface area contributed by atoms with E-state index < -0.39 is 34.6 Å². The molecule has 88 valence electrons. The molecule has 1 rings (SSSR count). The first-order valence-corrected chi connectivity index (χ1v) is 4.66. The largest absolute Gasteiger partial charge is 0.462 e. The van der Waals surface area contributed by atoms with Crippen LogP contribution in [0.1, 0.15) is 29.3 Å². The van der Waals surface area contributed by atoms with Gasteiger partial charge in [0.2, 0.25) is 5.95 Å². The molecule has 3 nitrogen and oxygen atoms in total. The van der Waals surface area contributed by atoms with Crippen molar-refractivity contribution < 1.29 is 22.7 Å². The van der Waals surface area contributed by atoms with Crippen LogP contribution < -0.4 is 0 Å². The van der Waals surface area contributed by atoms with Crippen LogP contribution in [0, 0.1) is 5.95 Å². The lowest BCUT2D eigenvalue weighted by Gasteiger charge is -2.06. The van der Waals surface area contributed by atoms with E-state index in [9.17, 15) is 18.0 Å². The number of ether oxygens (including phenoxy) is 1. The molecule has 0 spiro atoms. The minimum Gasteiger partial charge on any atom is -0.462 e. The zero-order valence-electron chi connectivity index (χ0n) is 8.14. The van der Waals surface area contributed by atoms with Gasteiger partial charge in [0.05, 0.1) is 12.2 Å². The Balaban J connectivity index is 3.19. The molecule has 0 atom stereocenters. The van der Waals surface area contributed by atoms with E-state index in [2.05, 4.69) is 9.72 Å². The highest BCUT2D eigenvalue weighted by Gasteiger charge is 2.21. The van der Waals surface area contributed by atoms with E-state index in [4.69, 9.17) is 11.6 Å². The summed E-state index contributed by atoms with van der Waals surface area (Å²) in [6.45, 7) is 1.51. The average Bonchev–Trinajstić information content (AvgIpc) is 2.17. The fourth-order valence-electron chi connectivity index (χ4n) is 0.991. The predicted octanol–water partition coefficient (Wildman–Crippen LogP) is 2.99. The van der Waals surface area contributed by atoms with E-state index >= 15 is 0 Å². The van der Waals surface area contributed by atoms with Crippen LogP contribution in [-0.4, -0.2) is 17.6 Å². The van der Waals surface area contributed by atoms with Gasteiger partial charge in [-0.3, -0.25) is 0 Å². The van der Waals surface area contributed by atoms with Crippen molar-refractivity contribution in [2.45, 2.75) is 13.3 Å². The van der Waals surface area contributed by atoms with Crippen molar-refractivity contribution in [1.29, 1.82) is 0 Å². The highest BCUT2D eigenvalue weighted by molar-refractivity contribution is 6.30. The first-order chi connectivity index (χ1) is 7.47. The van der Waals surface area contributed by atoms with E-state index in [1.165, 1.54) is 6.92 Å². The summed E-state index contributed by atoms with van der Waals surface area (Å²) in [7, 11) is 0. The Kier molecular flexibility index (Phi) is 4.12. The Labute approximate surface area is 94.2 Å². The van der Waals surface area contributed by atoms with Crippen molar-refractivity contribution >= 4 is 17.6 Å². The smallest absolute Gasteiger partial charge is 0.342 e. The van der Waals surface area contributed by atoms with Gasteiger partial charge in [0.25, 0.3) is 6.43 Å². The monoisotopic (exact) mass is 253 g/mol. The fourth-order valence-corrected chi connectivity index (χ4v) is 1.20. The zero-order valence-corrected chi connectivity index (χ0v) is 8.89. The second-order valence-electron chi connectivity index (χ2n) is 2.73. The van der Waals surface area contributed by atoms with Crippen LogP contribution in [0.25, 0.3) is 0 Å². The fraction of sp³-hybridized carbons (Fsp3) is 0.333. The van der Waals surface area contributed by atoms with Crippen molar-refractivity contribution in [2.75, 3.05) is 6.61 Å². The number of nitrogens with zero attached hydrogens (tertiary/aromatic N) is 1. The molecule has 1 heterocycles. The highest BCUT2D eigenvalue weighted by Crippen LogP contribution is 2.27. The number of halogens is 4. The van der Waals surface area contributed by atoms with Gasteiger partial charge < -0.3 is 4.74 Å². The predicted molar refractivity (Wildman–Crippen MR) is 50.1 cm³/mol. The Morgan fingerprint density at radius 1 is 1.62 bits per heavy atom. The van der Waals surface area contributed by atoms with Crippen LogP contribution in [0.2, 0.25) is 5.15 Å². The molecule has 0 saturated heterocycles. The third kappa shape index (κ3) is 2.63. The molecule has 0 aliphatic heterocycles. The van der Waals surface area contributed by atoms with Gasteiger partial charge in [-0.25, -0.2) is 18.6 Å². The lowest BCUT2D eigenvalue weighted by molar-refractivity contribution is 0.0519. The Hall–Kier alpha value is -1.30. The Morgan fingerprint density at radius 3 is 2.75 bits per heavy atom. The lowest BCUT2D eigenvalue weighted by Crippen LogP contribution is -2.10. The van der Waals surface area contributed by atoms with E-state index in [0.29, 0.717) is 6.07 Å². The molecule has 0 bridgehead atoms. The van der Waals surface area contributed by atoms with Gasteiger partial charge in [-0.1, -0.05) is 11.6 Å². The summed E-state index contributed by atoms with van der Waals surface area (Å²) in [6, 6.07) is 0.646. The maximum atomic E-state index is 13.1. The van der Waals surface area contributed by atoms with Gasteiger partial charge in [-0.15, -0.1) is 0 Å². The highest BCUT2D eigenvalue weighted by atomic mass is 35.5. The molecule has 0 radical (unpaired) electrons. The molecule has 0 aliphatic rings. The van der Waals surface area contributed by atoms with Crippen LogP contribution in [-0.2, 0) is 4.74 Å². The minimum absolute atomic E-state index is 0.00487. The lowest BCUT2D eigenvalue weighted by atomic mass is 10.2. The van der Waals surface area contributed by atoms with Gasteiger partial charge in [0.15, 0.2) is 0 Å². The molecule has 1 aromatic rings. The quantitative estimate of drug-likeness (QED) is 0.614. The molecule has 1 aromatic heterocycles. The third-order valence-corrected chi connectivity index (χ3v) is 1.99. The zero-order chi connectivity index (χ0) is 12.3. The van der Waals surface area contributed by atoms with E-state index in [0.717, 1.165) is 0 Å². The molecule has 0 aromatic carbocycles. The molecule has 0 aliphatic carbocycles. The number of carbonyl (C=O) groups excluding carboxylic acids is 1. The standard InChI is InChI=1S/C9H7ClF3NO2/c1-2-16-9(15)5-3-4(7(11)12)6(10)14-8(5)13/h3,7H,2H2,1H3. The van der Waals surface area contributed by atoms with Crippen LogP contribution in [0.15, 0.2) is 6.07 Å². The average molecular weight is 254 g/mol. The Morgan fingerprint density at radius 2 is 2.25 bits per heavy atom. The van der Waals surface area contributed by atoms with Gasteiger partial charge in [-0.05, 0) is 13.0 Å². The molecule has 16 heavy (non-hydrogen) atoms. The molecule has 0 unspecified atom stereocenters. The summed E-state index contributed by atoms with van der Waals surface area (Å²) < 4.78 is 42.4. The molecule has 0 saturated carbocycles. The molecule has 7 heteroatoms. The van der Waals surface area contributed by atoms with E-state index in [-0.39, 0.29) is 6.61 Å². The van der Waals surface area contributed by atoms with Crippen LogP contribution in [0.5, 0.6) is 0 Å². The number of pyridine rings is 1. The SMILES string of the molecule is CCOC(=O)c1cc(C(F)F)c(Cl)nc1F. The minimum atomic E-state index is -2.94. The number of rotatable bonds is 3. The second kappa shape index (κ2) is 5.16. The van der Waals surface area contributed by atoms with Crippen molar-refractivity contribution in [3.05, 3.63) is 28.3 Å². The number of hydrogen-bond donors (Lipinski definition) is 0. The Bertz CT molecular complexity index is 412. The summed E-state index contributed by atoms with van der Waals surface area (Å²) in [5, 5.41) is -0.666. The first-order valence-electron chi connectivity index (χ1n) is 4.28. The number of esters is 1. The van der Waals surface area contributed by atoms with Gasteiger partial charge >= 0.3 is 5.97 Å². The van der Waals surface area contributed by atoms with Crippen LogP contribution in [0.4, 0.5) is 13.2 Å². The number of hydrogen-bond acceptors (Lipinski definition) is 3. The maximum Gasteiger partial charge on any atom is 0.342 e. The summed E-state index contributed by atoms with van der Waals surface area (Å²) in [5.74, 6) is -2.28. The molecular weight excluding hydrogens is 247 g/mol. The van der Waals surface area contributed by atoms with Crippen LogP contribution in [0.3, 0.4) is 0 Å². The second-order valence-corrected chi connectivity index (χ2v) is 3.09.